The van der Waals surface area contributed by atoms with E-state index in [4.69, 9.17) is 11.6 Å². The molecule has 1 aromatic carbocycles. The second-order valence-corrected chi connectivity index (χ2v) is 7.02. The molecule has 1 aliphatic heterocycles. The van der Waals surface area contributed by atoms with Gasteiger partial charge in [-0.1, -0.05) is 62.9 Å². The first-order chi connectivity index (χ1) is 11.9. The van der Waals surface area contributed by atoms with Crippen molar-refractivity contribution in [3.05, 3.63) is 46.2 Å². The molecule has 2 unspecified atom stereocenters. The van der Waals surface area contributed by atoms with E-state index >= 15 is 0 Å². The molecule has 136 valence electrons. The Balaban J connectivity index is 2.42. The van der Waals surface area contributed by atoms with E-state index in [-0.39, 0.29) is 11.4 Å². The van der Waals surface area contributed by atoms with Gasteiger partial charge >= 0.3 is 0 Å². The Morgan fingerprint density at radius 1 is 1.32 bits per heavy atom. The Labute approximate surface area is 154 Å². The molecule has 1 aromatic rings. The zero-order valence-electron chi connectivity index (χ0n) is 15.1. The highest BCUT2D eigenvalue weighted by Gasteiger charge is 2.43. The molecular formula is C20H26ClNO3. The fraction of sp³-hybridized carbons (Fsp3) is 0.500. The van der Waals surface area contributed by atoms with E-state index in [0.29, 0.717) is 23.0 Å². The van der Waals surface area contributed by atoms with Crippen LogP contribution < -0.4 is 0 Å². The SMILES string of the molecule is CCCCC(CC)CN1C(=O)C(O)=C(C(C)=O)C1c1ccccc1Cl. The van der Waals surface area contributed by atoms with E-state index in [1.165, 1.54) is 6.92 Å². The van der Waals surface area contributed by atoms with E-state index in [9.17, 15) is 14.7 Å². The van der Waals surface area contributed by atoms with Gasteiger partial charge in [-0.2, -0.15) is 0 Å². The second-order valence-electron chi connectivity index (χ2n) is 6.62. The first-order valence-electron chi connectivity index (χ1n) is 8.91. The molecule has 25 heavy (non-hydrogen) atoms. The monoisotopic (exact) mass is 363 g/mol. The minimum atomic E-state index is -0.616. The second kappa shape index (κ2) is 8.52. The summed E-state index contributed by atoms with van der Waals surface area (Å²) in [4.78, 5) is 26.4. The summed E-state index contributed by atoms with van der Waals surface area (Å²) in [5.41, 5.74) is 0.820. The molecule has 1 N–H and O–H groups in total. The van der Waals surface area contributed by atoms with Crippen LogP contribution in [0.5, 0.6) is 0 Å². The maximum atomic E-state index is 12.7. The van der Waals surface area contributed by atoms with Crippen LogP contribution in [0.25, 0.3) is 0 Å². The molecule has 5 heteroatoms. The van der Waals surface area contributed by atoms with Crippen LogP contribution in [0.15, 0.2) is 35.6 Å². The van der Waals surface area contributed by atoms with Gasteiger partial charge in [0.05, 0.1) is 11.6 Å². The van der Waals surface area contributed by atoms with Crippen molar-refractivity contribution in [2.45, 2.75) is 52.5 Å². The molecular weight excluding hydrogens is 338 g/mol. The molecule has 0 bridgehead atoms. The third kappa shape index (κ3) is 4.06. The number of hydrogen-bond donors (Lipinski definition) is 1. The number of Topliss-reactive ketones (excluding diaryl/α,β-unsaturated/α-hetero) is 1. The van der Waals surface area contributed by atoms with Gasteiger partial charge in [-0.15, -0.1) is 0 Å². The lowest BCUT2D eigenvalue weighted by molar-refractivity contribution is -0.130. The number of carbonyl (C=O) groups excluding carboxylic acids is 2. The molecule has 0 fully saturated rings. The molecule has 0 saturated heterocycles. The number of aliphatic hydroxyl groups excluding tert-OH is 1. The Bertz CT molecular complexity index is 683. The predicted molar refractivity (Wildman–Crippen MR) is 99.5 cm³/mol. The summed E-state index contributed by atoms with van der Waals surface area (Å²) in [6, 6.07) is 6.56. The van der Waals surface area contributed by atoms with Gasteiger partial charge in [-0.25, -0.2) is 0 Å². The van der Waals surface area contributed by atoms with Crippen LogP contribution in [0, 0.1) is 5.92 Å². The van der Waals surface area contributed by atoms with Crippen molar-refractivity contribution in [1.29, 1.82) is 0 Å². The Morgan fingerprint density at radius 3 is 2.56 bits per heavy atom. The molecule has 2 rings (SSSR count). The van der Waals surface area contributed by atoms with Crippen molar-refractivity contribution in [2.24, 2.45) is 5.92 Å². The third-order valence-electron chi connectivity index (χ3n) is 4.88. The highest BCUT2D eigenvalue weighted by molar-refractivity contribution is 6.31. The molecule has 1 amide bonds. The highest BCUT2D eigenvalue weighted by atomic mass is 35.5. The van der Waals surface area contributed by atoms with Gasteiger partial charge in [0.25, 0.3) is 5.91 Å². The number of hydrogen-bond acceptors (Lipinski definition) is 3. The van der Waals surface area contributed by atoms with Crippen molar-refractivity contribution < 1.29 is 14.7 Å². The van der Waals surface area contributed by atoms with Gasteiger partial charge in [0.15, 0.2) is 11.5 Å². The maximum absolute atomic E-state index is 12.7. The summed E-state index contributed by atoms with van der Waals surface area (Å²) in [7, 11) is 0. The topological polar surface area (TPSA) is 57.6 Å². The summed E-state index contributed by atoms with van der Waals surface area (Å²) in [6.45, 7) is 6.12. The van der Waals surface area contributed by atoms with Crippen molar-refractivity contribution in [3.63, 3.8) is 0 Å². The van der Waals surface area contributed by atoms with Gasteiger partial charge in [-0.3, -0.25) is 9.59 Å². The molecule has 1 heterocycles. The minimum Gasteiger partial charge on any atom is -0.503 e. The number of halogens is 1. The molecule has 4 nitrogen and oxygen atoms in total. The zero-order valence-corrected chi connectivity index (χ0v) is 15.8. The maximum Gasteiger partial charge on any atom is 0.290 e. The third-order valence-corrected chi connectivity index (χ3v) is 5.23. The predicted octanol–water partition coefficient (Wildman–Crippen LogP) is 4.84. The number of benzene rings is 1. The fourth-order valence-corrected chi connectivity index (χ4v) is 3.66. The summed E-state index contributed by atoms with van der Waals surface area (Å²) in [5, 5.41) is 10.8. The van der Waals surface area contributed by atoms with Gasteiger partial charge in [-0.05, 0) is 30.9 Å². The van der Waals surface area contributed by atoms with Gasteiger partial charge in [0, 0.05) is 11.6 Å². The molecule has 0 aromatic heterocycles. The molecule has 1 aliphatic rings. The van der Waals surface area contributed by atoms with Gasteiger partial charge in [0.1, 0.15) is 0 Å². The Kier molecular flexibility index (Phi) is 6.65. The number of aliphatic hydroxyl groups is 1. The molecule has 0 radical (unpaired) electrons. The van der Waals surface area contributed by atoms with E-state index in [0.717, 1.165) is 25.7 Å². The van der Waals surface area contributed by atoms with Gasteiger partial charge < -0.3 is 10.0 Å². The lowest BCUT2D eigenvalue weighted by atomic mass is 9.94. The average Bonchev–Trinajstić information content (AvgIpc) is 2.83. The number of carbonyl (C=O) groups is 2. The lowest BCUT2D eigenvalue weighted by Crippen LogP contribution is -2.35. The number of ketones is 1. The summed E-state index contributed by atoms with van der Waals surface area (Å²) in [6.07, 6.45) is 4.15. The molecule has 2 atom stereocenters. The quantitative estimate of drug-likeness (QED) is 0.718. The minimum absolute atomic E-state index is 0.142. The van der Waals surface area contributed by atoms with Gasteiger partial charge in [0.2, 0.25) is 0 Å². The van der Waals surface area contributed by atoms with Crippen molar-refractivity contribution in [2.75, 3.05) is 6.54 Å². The summed E-state index contributed by atoms with van der Waals surface area (Å²) in [5.74, 6) is -0.902. The Hall–Kier alpha value is -1.81. The molecule has 0 spiro atoms. The number of rotatable bonds is 8. The van der Waals surface area contributed by atoms with Crippen LogP contribution in [0.3, 0.4) is 0 Å². The van der Waals surface area contributed by atoms with E-state index in [1.54, 1.807) is 17.0 Å². The number of amides is 1. The van der Waals surface area contributed by atoms with Crippen LogP contribution >= 0.6 is 11.6 Å². The fourth-order valence-electron chi connectivity index (χ4n) is 3.42. The zero-order chi connectivity index (χ0) is 18.6. The first-order valence-corrected chi connectivity index (χ1v) is 9.29. The Morgan fingerprint density at radius 2 is 2.00 bits per heavy atom. The first kappa shape index (κ1) is 19.5. The average molecular weight is 364 g/mol. The smallest absolute Gasteiger partial charge is 0.290 e. The summed E-state index contributed by atoms with van der Waals surface area (Å²) >= 11 is 6.34. The number of unbranched alkanes of at least 4 members (excludes halogenated alkanes) is 1. The van der Waals surface area contributed by atoms with Crippen LogP contribution in [-0.4, -0.2) is 28.2 Å². The van der Waals surface area contributed by atoms with E-state index in [2.05, 4.69) is 13.8 Å². The standard InChI is InChI=1S/C20H26ClNO3/c1-4-6-9-14(5-2)12-22-18(15-10-7-8-11-16(15)21)17(13(3)23)19(24)20(22)25/h7-8,10-11,14,18,24H,4-6,9,12H2,1-3H3. The van der Waals surface area contributed by atoms with Crippen molar-refractivity contribution in [3.8, 4) is 0 Å². The van der Waals surface area contributed by atoms with Crippen molar-refractivity contribution >= 4 is 23.3 Å². The molecule has 0 aliphatic carbocycles. The van der Waals surface area contributed by atoms with Crippen LogP contribution in [0.4, 0.5) is 0 Å². The molecule has 0 saturated carbocycles. The lowest BCUT2D eigenvalue weighted by Gasteiger charge is -2.30. The normalized spacial score (nSPS) is 18.8. The van der Waals surface area contributed by atoms with Crippen LogP contribution in [0.1, 0.15) is 58.1 Å². The van der Waals surface area contributed by atoms with E-state index in [1.807, 2.05) is 12.1 Å². The van der Waals surface area contributed by atoms with Crippen molar-refractivity contribution in [1.82, 2.24) is 4.90 Å². The summed E-state index contributed by atoms with van der Waals surface area (Å²) < 4.78 is 0. The van der Waals surface area contributed by atoms with E-state index < -0.39 is 17.7 Å². The number of nitrogens with zero attached hydrogens (tertiary/aromatic N) is 1. The van der Waals surface area contributed by atoms with Crippen LogP contribution in [-0.2, 0) is 9.59 Å². The van der Waals surface area contributed by atoms with Crippen LogP contribution in [0.2, 0.25) is 5.02 Å². The largest absolute Gasteiger partial charge is 0.503 e. The highest BCUT2D eigenvalue weighted by Crippen LogP contribution is 2.41.